The minimum atomic E-state index is -3.55. The van der Waals surface area contributed by atoms with Gasteiger partial charge in [-0.2, -0.15) is 0 Å². The number of amides is 1. The van der Waals surface area contributed by atoms with E-state index >= 15 is 0 Å². The van der Waals surface area contributed by atoms with Crippen LogP contribution in [-0.2, 0) is 14.6 Å². The van der Waals surface area contributed by atoms with Gasteiger partial charge in [0.25, 0.3) is 0 Å². The van der Waals surface area contributed by atoms with Crippen molar-refractivity contribution in [2.24, 2.45) is 0 Å². The maximum atomic E-state index is 14.1. The maximum absolute atomic E-state index is 14.1. The molecule has 1 fully saturated rings. The fraction of sp³-hybridized carbons (Fsp3) is 0.250. The highest BCUT2D eigenvalue weighted by molar-refractivity contribution is 7.91. The van der Waals surface area contributed by atoms with Gasteiger partial charge in [-0.1, -0.05) is 41.9 Å². The molecule has 2 aromatic carbocycles. The fourth-order valence-electron chi connectivity index (χ4n) is 3.10. The quantitative estimate of drug-likeness (QED) is 0.725. The topological polar surface area (TPSA) is 54.5 Å². The third-order valence-electron chi connectivity index (χ3n) is 4.59. The number of nitrogens with zero attached hydrogens (tertiary/aromatic N) is 1. The predicted octanol–water partition coefficient (Wildman–Crippen LogP) is 3.88. The SMILES string of the molecule is O=C(/C=C/c1ccc(Cl)cc1)N1CCC(c2ccccc2F)S(=O)(=O)CC1. The summed E-state index contributed by atoms with van der Waals surface area (Å²) in [6.45, 7) is 0.346. The van der Waals surface area contributed by atoms with Gasteiger partial charge in [-0.3, -0.25) is 4.79 Å². The molecule has 0 bridgehead atoms. The van der Waals surface area contributed by atoms with Gasteiger partial charge in [-0.25, -0.2) is 12.8 Å². The Bertz CT molecular complexity index is 957. The Morgan fingerprint density at radius 1 is 1.11 bits per heavy atom. The van der Waals surface area contributed by atoms with Crippen molar-refractivity contribution >= 4 is 33.4 Å². The molecule has 0 spiro atoms. The molecule has 0 radical (unpaired) electrons. The van der Waals surface area contributed by atoms with Gasteiger partial charge in [0.15, 0.2) is 9.84 Å². The van der Waals surface area contributed by atoms with Gasteiger partial charge in [0.2, 0.25) is 5.91 Å². The van der Waals surface area contributed by atoms with Crippen LogP contribution in [0.3, 0.4) is 0 Å². The molecule has 0 aliphatic carbocycles. The first-order chi connectivity index (χ1) is 12.9. The molecule has 1 amide bonds. The predicted molar refractivity (Wildman–Crippen MR) is 105 cm³/mol. The van der Waals surface area contributed by atoms with Crippen LogP contribution in [0, 0.1) is 5.82 Å². The Kier molecular flexibility index (Phi) is 5.97. The number of rotatable bonds is 3. The number of halogens is 2. The zero-order chi connectivity index (χ0) is 19.4. The standard InChI is InChI=1S/C20H19ClFNO3S/c21-16-8-5-15(6-9-16)7-10-20(24)23-12-11-19(27(25,26)14-13-23)17-3-1-2-4-18(17)22/h1-10,19H,11-14H2/b10-7+. The van der Waals surface area contributed by atoms with E-state index in [1.807, 2.05) is 0 Å². The van der Waals surface area contributed by atoms with E-state index in [0.717, 1.165) is 5.56 Å². The molecule has 1 aliphatic rings. The molecule has 0 saturated carbocycles. The van der Waals surface area contributed by atoms with Gasteiger partial charge in [-0.15, -0.1) is 0 Å². The molecule has 1 unspecified atom stereocenters. The lowest BCUT2D eigenvalue weighted by molar-refractivity contribution is -0.125. The summed E-state index contributed by atoms with van der Waals surface area (Å²) in [6.07, 6.45) is 3.25. The van der Waals surface area contributed by atoms with Crippen molar-refractivity contribution in [2.75, 3.05) is 18.8 Å². The normalized spacial score (nSPS) is 19.8. The fourth-order valence-corrected chi connectivity index (χ4v) is 5.02. The van der Waals surface area contributed by atoms with Crippen LogP contribution in [0.2, 0.25) is 5.02 Å². The average Bonchev–Trinajstić information content (AvgIpc) is 2.80. The Morgan fingerprint density at radius 3 is 2.52 bits per heavy atom. The van der Waals surface area contributed by atoms with Crippen LogP contribution < -0.4 is 0 Å². The van der Waals surface area contributed by atoms with E-state index in [-0.39, 0.29) is 36.7 Å². The van der Waals surface area contributed by atoms with Gasteiger partial charge in [0.1, 0.15) is 5.82 Å². The van der Waals surface area contributed by atoms with E-state index in [2.05, 4.69) is 0 Å². The number of benzene rings is 2. The van der Waals surface area contributed by atoms with Gasteiger partial charge in [0.05, 0.1) is 11.0 Å². The van der Waals surface area contributed by atoms with Crippen LogP contribution in [0.5, 0.6) is 0 Å². The number of hydrogen-bond donors (Lipinski definition) is 0. The monoisotopic (exact) mass is 407 g/mol. The van der Waals surface area contributed by atoms with E-state index in [4.69, 9.17) is 11.6 Å². The zero-order valence-electron chi connectivity index (χ0n) is 14.5. The molecular weight excluding hydrogens is 389 g/mol. The summed E-state index contributed by atoms with van der Waals surface area (Å²) in [5, 5.41) is -0.327. The lowest BCUT2D eigenvalue weighted by Gasteiger charge is -2.18. The van der Waals surface area contributed by atoms with Crippen molar-refractivity contribution in [3.8, 4) is 0 Å². The second-order valence-electron chi connectivity index (χ2n) is 6.38. The van der Waals surface area contributed by atoms with E-state index in [1.54, 1.807) is 36.4 Å². The minimum absolute atomic E-state index is 0.0943. The highest BCUT2D eigenvalue weighted by Crippen LogP contribution is 2.31. The van der Waals surface area contributed by atoms with Crippen molar-refractivity contribution < 1.29 is 17.6 Å². The Labute approximate surface area is 163 Å². The molecule has 0 N–H and O–H groups in total. The Hall–Kier alpha value is -2.18. The molecule has 0 aromatic heterocycles. The Morgan fingerprint density at radius 2 is 1.81 bits per heavy atom. The molecule has 142 valence electrons. The highest BCUT2D eigenvalue weighted by Gasteiger charge is 2.33. The van der Waals surface area contributed by atoms with Gasteiger partial charge >= 0.3 is 0 Å². The van der Waals surface area contributed by atoms with Gasteiger partial charge < -0.3 is 4.90 Å². The molecule has 1 saturated heterocycles. The summed E-state index contributed by atoms with van der Waals surface area (Å²) >= 11 is 5.83. The largest absolute Gasteiger partial charge is 0.338 e. The zero-order valence-corrected chi connectivity index (χ0v) is 16.1. The smallest absolute Gasteiger partial charge is 0.246 e. The molecule has 1 atom stereocenters. The summed E-state index contributed by atoms with van der Waals surface area (Å²) in [7, 11) is -3.55. The third-order valence-corrected chi connectivity index (χ3v) is 6.95. The number of carbonyl (C=O) groups is 1. The summed E-state index contributed by atoms with van der Waals surface area (Å²) in [4.78, 5) is 13.9. The van der Waals surface area contributed by atoms with E-state index in [0.29, 0.717) is 5.02 Å². The van der Waals surface area contributed by atoms with Gasteiger partial charge in [-0.05, 0) is 36.3 Å². The van der Waals surface area contributed by atoms with Crippen LogP contribution in [0.15, 0.2) is 54.6 Å². The molecule has 1 heterocycles. The summed E-state index contributed by atoms with van der Waals surface area (Å²) in [5.41, 5.74) is 0.989. The Balaban J connectivity index is 1.74. The van der Waals surface area contributed by atoms with Crippen LogP contribution in [0.1, 0.15) is 22.8 Å². The third kappa shape index (κ3) is 4.76. The molecule has 1 aliphatic heterocycles. The number of sulfone groups is 1. The molecule has 7 heteroatoms. The molecule has 2 aromatic rings. The minimum Gasteiger partial charge on any atom is -0.338 e. The lowest BCUT2D eigenvalue weighted by Crippen LogP contribution is -2.32. The second kappa shape index (κ2) is 8.23. The summed E-state index contributed by atoms with van der Waals surface area (Å²) in [6, 6.07) is 12.9. The van der Waals surface area contributed by atoms with Crippen molar-refractivity contribution in [2.45, 2.75) is 11.7 Å². The first kappa shape index (κ1) is 19.6. The molecule has 27 heavy (non-hydrogen) atoms. The van der Waals surface area contributed by atoms with Crippen LogP contribution in [-0.4, -0.2) is 38.1 Å². The lowest BCUT2D eigenvalue weighted by atomic mass is 10.1. The molecule has 4 nitrogen and oxygen atoms in total. The first-order valence-corrected chi connectivity index (χ1v) is 10.6. The van der Waals surface area contributed by atoms with Crippen LogP contribution >= 0.6 is 11.6 Å². The highest BCUT2D eigenvalue weighted by atomic mass is 35.5. The van der Waals surface area contributed by atoms with Crippen molar-refractivity contribution in [3.05, 3.63) is 76.6 Å². The van der Waals surface area contributed by atoms with Crippen molar-refractivity contribution in [1.82, 2.24) is 4.90 Å². The first-order valence-electron chi connectivity index (χ1n) is 8.55. The summed E-state index contributed by atoms with van der Waals surface area (Å²) < 4.78 is 39.3. The second-order valence-corrected chi connectivity index (χ2v) is 9.12. The molecule has 3 rings (SSSR count). The maximum Gasteiger partial charge on any atom is 0.246 e. The van der Waals surface area contributed by atoms with Crippen molar-refractivity contribution in [3.63, 3.8) is 0 Å². The molecular formula is C20H19ClFNO3S. The van der Waals surface area contributed by atoms with E-state index in [9.17, 15) is 17.6 Å². The van der Waals surface area contributed by atoms with Gasteiger partial charge in [0, 0.05) is 29.8 Å². The van der Waals surface area contributed by atoms with Crippen LogP contribution in [0.25, 0.3) is 6.08 Å². The van der Waals surface area contributed by atoms with Crippen LogP contribution in [0.4, 0.5) is 4.39 Å². The summed E-state index contributed by atoms with van der Waals surface area (Å²) in [5.74, 6) is -0.991. The van der Waals surface area contributed by atoms with Crippen molar-refractivity contribution in [1.29, 1.82) is 0 Å². The number of carbonyl (C=O) groups excluding carboxylic acids is 1. The number of hydrogen-bond acceptors (Lipinski definition) is 3. The van der Waals surface area contributed by atoms with E-state index < -0.39 is 20.9 Å². The van der Waals surface area contributed by atoms with E-state index in [1.165, 1.54) is 29.2 Å². The average molecular weight is 408 g/mol.